The van der Waals surface area contributed by atoms with Gasteiger partial charge >= 0.3 is 6.18 Å². The van der Waals surface area contributed by atoms with Gasteiger partial charge in [-0.3, -0.25) is 4.79 Å². The minimum absolute atomic E-state index is 0.0658. The fourth-order valence-electron chi connectivity index (χ4n) is 1.50. The van der Waals surface area contributed by atoms with Crippen molar-refractivity contribution in [3.8, 4) is 11.5 Å². The zero-order valence-electron chi connectivity index (χ0n) is 9.95. The molecule has 0 amide bonds. The van der Waals surface area contributed by atoms with E-state index in [1.54, 1.807) is 30.3 Å². The molecule has 2 rings (SSSR count). The average Bonchev–Trinajstić information content (AvgIpc) is 2.40. The van der Waals surface area contributed by atoms with E-state index in [-0.39, 0.29) is 10.8 Å². The van der Waals surface area contributed by atoms with Gasteiger partial charge in [0.15, 0.2) is 0 Å². The molecule has 0 N–H and O–H groups in total. The van der Waals surface area contributed by atoms with Crippen molar-refractivity contribution in [3.63, 3.8) is 0 Å². The number of carbonyl (C=O) groups excluding carboxylic acids is 1. The zero-order chi connectivity index (χ0) is 14.8. The van der Waals surface area contributed by atoms with Crippen molar-refractivity contribution in [1.82, 2.24) is 0 Å². The number of ketones is 1. The van der Waals surface area contributed by atoms with Gasteiger partial charge in [-0.15, -0.1) is 0 Å². The summed E-state index contributed by atoms with van der Waals surface area (Å²) in [6, 6.07) is 11.8. The topological polar surface area (TPSA) is 26.3 Å². The molecule has 0 heterocycles. The summed E-state index contributed by atoms with van der Waals surface area (Å²) in [4.78, 5) is 11.1. The lowest BCUT2D eigenvalue weighted by molar-refractivity contribution is -0.0885. The summed E-state index contributed by atoms with van der Waals surface area (Å²) >= 11 is 5.83. The molecule has 0 aliphatic carbocycles. The molecule has 2 nitrogen and oxygen atoms in total. The Morgan fingerprint density at radius 2 is 1.70 bits per heavy atom. The second-order valence-electron chi connectivity index (χ2n) is 3.89. The third-order valence-corrected chi connectivity index (χ3v) is 2.72. The Bertz CT molecular complexity index is 624. The molecular formula is C14H8ClF3O2. The van der Waals surface area contributed by atoms with E-state index in [1.807, 2.05) is 0 Å². The van der Waals surface area contributed by atoms with E-state index in [2.05, 4.69) is 0 Å². The smallest absolute Gasteiger partial charge is 0.454 e. The Balaban J connectivity index is 2.25. The Morgan fingerprint density at radius 3 is 2.25 bits per heavy atom. The first kappa shape index (κ1) is 14.4. The monoisotopic (exact) mass is 300 g/mol. The number of hydrogen-bond acceptors (Lipinski definition) is 2. The van der Waals surface area contributed by atoms with E-state index in [9.17, 15) is 18.0 Å². The van der Waals surface area contributed by atoms with E-state index in [4.69, 9.17) is 16.3 Å². The van der Waals surface area contributed by atoms with E-state index < -0.39 is 17.5 Å². The normalized spacial score (nSPS) is 11.2. The van der Waals surface area contributed by atoms with Crippen LogP contribution < -0.4 is 4.74 Å². The number of alkyl halides is 3. The second kappa shape index (κ2) is 5.54. The van der Waals surface area contributed by atoms with Crippen LogP contribution in [0, 0.1) is 0 Å². The van der Waals surface area contributed by atoms with E-state index in [0.29, 0.717) is 5.75 Å². The van der Waals surface area contributed by atoms with Crippen LogP contribution in [0.4, 0.5) is 13.2 Å². The van der Waals surface area contributed by atoms with Gasteiger partial charge in [0.1, 0.15) is 11.5 Å². The Labute approximate surface area is 117 Å². The van der Waals surface area contributed by atoms with Gasteiger partial charge in [-0.1, -0.05) is 29.8 Å². The predicted octanol–water partition coefficient (Wildman–Crippen LogP) is 4.88. The molecule has 0 radical (unpaired) electrons. The summed E-state index contributed by atoms with van der Waals surface area (Å²) in [5.74, 6) is -1.27. The van der Waals surface area contributed by atoms with Crippen molar-refractivity contribution < 1.29 is 22.7 Å². The van der Waals surface area contributed by atoms with Gasteiger partial charge in [0, 0.05) is 5.56 Å². The van der Waals surface area contributed by atoms with Crippen LogP contribution in [-0.2, 0) is 0 Å². The lowest BCUT2D eigenvalue weighted by Crippen LogP contribution is -2.22. The van der Waals surface area contributed by atoms with Crippen LogP contribution in [0.1, 0.15) is 10.4 Å². The average molecular weight is 301 g/mol. The number of carbonyl (C=O) groups is 1. The molecule has 2 aromatic rings. The first-order valence-electron chi connectivity index (χ1n) is 5.52. The van der Waals surface area contributed by atoms with Crippen LogP contribution in [0.5, 0.6) is 11.5 Å². The van der Waals surface area contributed by atoms with Crippen molar-refractivity contribution in [2.24, 2.45) is 0 Å². The lowest BCUT2D eigenvalue weighted by Gasteiger charge is -2.09. The Hall–Kier alpha value is -2.01. The number of para-hydroxylation sites is 1. The molecule has 0 aliphatic heterocycles. The quantitative estimate of drug-likeness (QED) is 0.755. The number of rotatable bonds is 3. The number of hydrogen-bond donors (Lipinski definition) is 0. The molecule has 20 heavy (non-hydrogen) atoms. The maximum atomic E-state index is 12.3. The van der Waals surface area contributed by atoms with Crippen LogP contribution >= 0.6 is 11.6 Å². The maximum absolute atomic E-state index is 12.3. The lowest BCUT2D eigenvalue weighted by atomic mass is 10.1. The van der Waals surface area contributed by atoms with Gasteiger partial charge < -0.3 is 4.74 Å². The summed E-state index contributed by atoms with van der Waals surface area (Å²) in [5.41, 5.74) is -0.525. The molecule has 0 bridgehead atoms. The number of ether oxygens (including phenoxy) is 1. The summed E-state index contributed by atoms with van der Waals surface area (Å²) in [5, 5.41) is -0.0658. The molecule has 0 saturated heterocycles. The van der Waals surface area contributed by atoms with Crippen molar-refractivity contribution in [2.45, 2.75) is 6.18 Å². The Kier molecular flexibility index (Phi) is 3.99. The molecular weight excluding hydrogens is 293 g/mol. The largest absolute Gasteiger partial charge is 0.456 e. The third kappa shape index (κ3) is 3.30. The fourth-order valence-corrected chi connectivity index (χ4v) is 1.72. The SMILES string of the molecule is O=C(c1ccc(Oc2ccccc2)c(Cl)c1)C(F)(F)F. The first-order chi connectivity index (χ1) is 9.38. The summed E-state index contributed by atoms with van der Waals surface area (Å²) < 4.78 is 42.3. The predicted molar refractivity (Wildman–Crippen MR) is 68.4 cm³/mol. The van der Waals surface area contributed by atoms with Gasteiger partial charge in [-0.2, -0.15) is 13.2 Å². The van der Waals surface area contributed by atoms with Gasteiger partial charge in [-0.05, 0) is 30.3 Å². The second-order valence-corrected chi connectivity index (χ2v) is 4.29. The Morgan fingerprint density at radius 1 is 1.05 bits per heavy atom. The maximum Gasteiger partial charge on any atom is 0.454 e. The number of benzene rings is 2. The van der Waals surface area contributed by atoms with Crippen molar-refractivity contribution >= 4 is 17.4 Å². The molecule has 0 unspecified atom stereocenters. The van der Waals surface area contributed by atoms with Crippen LogP contribution in [-0.4, -0.2) is 12.0 Å². The standard InChI is InChI=1S/C14H8ClF3O2/c15-11-8-9(13(19)14(16,17)18)6-7-12(11)20-10-4-2-1-3-5-10/h1-8H. The fraction of sp³-hybridized carbons (Fsp3) is 0.0714. The molecule has 104 valence electrons. The van der Waals surface area contributed by atoms with Crippen molar-refractivity contribution in [1.29, 1.82) is 0 Å². The molecule has 2 aromatic carbocycles. The minimum Gasteiger partial charge on any atom is -0.456 e. The van der Waals surface area contributed by atoms with Crippen LogP contribution in [0.3, 0.4) is 0 Å². The van der Waals surface area contributed by atoms with Gasteiger partial charge in [0.05, 0.1) is 5.02 Å². The van der Waals surface area contributed by atoms with Crippen LogP contribution in [0.15, 0.2) is 48.5 Å². The molecule has 0 fully saturated rings. The zero-order valence-corrected chi connectivity index (χ0v) is 10.7. The highest BCUT2D eigenvalue weighted by atomic mass is 35.5. The highest BCUT2D eigenvalue weighted by Gasteiger charge is 2.39. The molecule has 0 aromatic heterocycles. The van der Waals surface area contributed by atoms with E-state index in [1.165, 1.54) is 6.07 Å². The van der Waals surface area contributed by atoms with Crippen LogP contribution in [0.2, 0.25) is 5.02 Å². The highest BCUT2D eigenvalue weighted by molar-refractivity contribution is 6.32. The number of halogens is 4. The van der Waals surface area contributed by atoms with Gasteiger partial charge in [-0.25, -0.2) is 0 Å². The van der Waals surface area contributed by atoms with Gasteiger partial charge in [0.25, 0.3) is 5.78 Å². The van der Waals surface area contributed by atoms with E-state index >= 15 is 0 Å². The molecule has 6 heteroatoms. The summed E-state index contributed by atoms with van der Waals surface area (Å²) in [6.07, 6.45) is -4.93. The number of Topliss-reactive ketones (excluding diaryl/α,β-unsaturated/α-hetero) is 1. The molecule has 0 spiro atoms. The molecule has 0 aliphatic rings. The first-order valence-corrected chi connectivity index (χ1v) is 5.89. The van der Waals surface area contributed by atoms with Gasteiger partial charge in [0.2, 0.25) is 0 Å². The van der Waals surface area contributed by atoms with Crippen LogP contribution in [0.25, 0.3) is 0 Å². The summed E-state index contributed by atoms with van der Waals surface area (Å²) in [7, 11) is 0. The third-order valence-electron chi connectivity index (χ3n) is 2.42. The highest BCUT2D eigenvalue weighted by Crippen LogP contribution is 2.32. The minimum atomic E-state index is -4.93. The van der Waals surface area contributed by atoms with Crippen molar-refractivity contribution in [2.75, 3.05) is 0 Å². The van der Waals surface area contributed by atoms with E-state index in [0.717, 1.165) is 12.1 Å². The molecule has 0 atom stereocenters. The summed E-state index contributed by atoms with van der Waals surface area (Å²) in [6.45, 7) is 0. The molecule has 0 saturated carbocycles. The van der Waals surface area contributed by atoms with Crippen molar-refractivity contribution in [3.05, 3.63) is 59.1 Å².